The molecule has 0 amide bonds. The van der Waals surface area contributed by atoms with Crippen molar-refractivity contribution in [1.29, 1.82) is 0 Å². The van der Waals surface area contributed by atoms with Crippen molar-refractivity contribution in [2.45, 2.75) is 50.0 Å². The van der Waals surface area contributed by atoms with Crippen molar-refractivity contribution in [1.82, 2.24) is 9.88 Å². The first-order chi connectivity index (χ1) is 16.8. The normalized spacial score (nSPS) is 21.8. The summed E-state index contributed by atoms with van der Waals surface area (Å²) in [5.41, 5.74) is 0. The molecule has 15 heteroatoms. The Kier molecular flexibility index (Phi) is 10.5. The highest BCUT2D eigenvalue weighted by atomic mass is 32.1. The molecule has 0 bridgehead atoms. The van der Waals surface area contributed by atoms with E-state index in [1.54, 1.807) is 12.4 Å². The molecule has 0 radical (unpaired) electrons. The maximum absolute atomic E-state index is 10.6. The van der Waals surface area contributed by atoms with Crippen LogP contribution in [0, 0.1) is 0 Å². The number of pyridine rings is 1. The molecular weight excluding hydrogens is 522 g/mol. The van der Waals surface area contributed by atoms with Gasteiger partial charge < -0.3 is 19.7 Å². The molecule has 0 unspecified atom stereocenters. The summed E-state index contributed by atoms with van der Waals surface area (Å²) in [6, 6.07) is 8.67. The number of hydrogen-bond donors (Lipinski definition) is 2. The number of thiophene rings is 1. The van der Waals surface area contributed by atoms with Gasteiger partial charge in [0.25, 0.3) is 0 Å². The van der Waals surface area contributed by atoms with E-state index in [4.69, 9.17) is 29.3 Å². The van der Waals surface area contributed by atoms with Gasteiger partial charge in [-0.05, 0) is 36.4 Å². The van der Waals surface area contributed by atoms with Crippen LogP contribution >= 0.6 is 11.3 Å². The molecule has 2 aliphatic rings. The number of halogens is 6. The van der Waals surface area contributed by atoms with Crippen LogP contribution in [0.1, 0.15) is 17.7 Å². The molecule has 200 valence electrons. The lowest BCUT2D eigenvalue weighted by atomic mass is 10.0. The number of alkyl halides is 6. The van der Waals surface area contributed by atoms with Crippen LogP contribution in [0.4, 0.5) is 26.3 Å². The van der Waals surface area contributed by atoms with Gasteiger partial charge in [0.1, 0.15) is 18.0 Å². The SMILES string of the molecule is O=C(O)C(F)(F)F.O=C(O)C(F)(F)F.c1cncc(O[C@H]2CN(Cc3cccs3)[C@H]3CCCO[C@H]23)c1. The molecule has 2 saturated heterocycles. The number of rotatable bonds is 4. The van der Waals surface area contributed by atoms with E-state index in [0.29, 0.717) is 6.04 Å². The molecule has 4 rings (SSSR count). The average molecular weight is 544 g/mol. The highest BCUT2D eigenvalue weighted by Gasteiger charge is 2.45. The van der Waals surface area contributed by atoms with Crippen LogP contribution in [-0.4, -0.2) is 75.8 Å². The van der Waals surface area contributed by atoms with Crippen LogP contribution in [0.5, 0.6) is 5.75 Å². The number of carbonyl (C=O) groups is 2. The topological polar surface area (TPSA) is 109 Å². The van der Waals surface area contributed by atoms with Crippen molar-refractivity contribution in [2.75, 3.05) is 13.2 Å². The smallest absolute Gasteiger partial charge is 0.485 e. The lowest BCUT2D eigenvalue weighted by molar-refractivity contribution is -0.193. The summed E-state index contributed by atoms with van der Waals surface area (Å²) >= 11 is 1.82. The van der Waals surface area contributed by atoms with Gasteiger partial charge in [0.2, 0.25) is 0 Å². The van der Waals surface area contributed by atoms with Gasteiger partial charge in [-0.2, -0.15) is 26.3 Å². The Bertz CT molecular complexity index is 934. The average Bonchev–Trinajstić information content (AvgIpc) is 3.43. The summed E-state index contributed by atoms with van der Waals surface area (Å²) in [6.45, 7) is 2.76. The molecule has 2 fully saturated rings. The molecule has 4 heterocycles. The van der Waals surface area contributed by atoms with E-state index in [2.05, 4.69) is 27.4 Å². The number of hydrogen-bond acceptors (Lipinski definition) is 7. The van der Waals surface area contributed by atoms with Crippen molar-refractivity contribution >= 4 is 23.3 Å². The fourth-order valence-corrected chi connectivity index (χ4v) is 4.21. The van der Waals surface area contributed by atoms with E-state index < -0.39 is 24.3 Å². The third kappa shape index (κ3) is 9.28. The van der Waals surface area contributed by atoms with E-state index in [1.165, 1.54) is 11.3 Å². The van der Waals surface area contributed by atoms with Crippen molar-refractivity contribution in [2.24, 2.45) is 0 Å². The lowest BCUT2D eigenvalue weighted by Gasteiger charge is -2.32. The second-order valence-corrected chi connectivity index (χ2v) is 8.54. The van der Waals surface area contributed by atoms with Gasteiger partial charge >= 0.3 is 24.3 Å². The third-order valence-electron chi connectivity index (χ3n) is 4.93. The van der Waals surface area contributed by atoms with Crippen molar-refractivity contribution in [3.8, 4) is 5.75 Å². The zero-order valence-electron chi connectivity index (χ0n) is 18.4. The van der Waals surface area contributed by atoms with E-state index in [9.17, 15) is 26.3 Å². The number of ether oxygens (including phenoxy) is 2. The Balaban J connectivity index is 0.000000271. The predicted molar refractivity (Wildman–Crippen MR) is 114 cm³/mol. The summed E-state index contributed by atoms with van der Waals surface area (Å²) in [4.78, 5) is 25.9. The Hall–Kier alpha value is -2.91. The molecule has 2 aromatic heterocycles. The van der Waals surface area contributed by atoms with Gasteiger partial charge in [-0.25, -0.2) is 9.59 Å². The zero-order valence-corrected chi connectivity index (χ0v) is 19.2. The van der Waals surface area contributed by atoms with Crippen LogP contribution in [0.15, 0.2) is 42.0 Å². The third-order valence-corrected chi connectivity index (χ3v) is 5.79. The highest BCUT2D eigenvalue weighted by molar-refractivity contribution is 7.09. The van der Waals surface area contributed by atoms with E-state index in [0.717, 1.165) is 31.9 Å². The molecule has 3 atom stereocenters. The zero-order chi connectivity index (χ0) is 26.9. The molecule has 2 N–H and O–H groups in total. The Morgan fingerprint density at radius 1 is 1.11 bits per heavy atom. The minimum atomic E-state index is -5.08. The highest BCUT2D eigenvalue weighted by Crippen LogP contribution is 2.33. The molecule has 0 aromatic carbocycles. The summed E-state index contributed by atoms with van der Waals surface area (Å²) in [7, 11) is 0. The number of nitrogens with zero attached hydrogens (tertiary/aromatic N) is 2. The number of aromatic nitrogens is 1. The largest absolute Gasteiger partial charge is 0.490 e. The van der Waals surface area contributed by atoms with Crippen LogP contribution in [0.25, 0.3) is 0 Å². The Morgan fingerprint density at radius 2 is 1.75 bits per heavy atom. The molecular formula is C21H22F6N2O6S. The van der Waals surface area contributed by atoms with E-state index in [1.807, 2.05) is 23.5 Å². The van der Waals surface area contributed by atoms with Gasteiger partial charge in [-0.15, -0.1) is 11.3 Å². The van der Waals surface area contributed by atoms with Crippen LogP contribution in [-0.2, 0) is 20.9 Å². The minimum Gasteiger partial charge on any atom is -0.485 e. The number of carboxylic acid groups (broad SMARTS) is 2. The molecule has 0 aliphatic carbocycles. The summed E-state index contributed by atoms with van der Waals surface area (Å²) in [5.74, 6) is -4.68. The summed E-state index contributed by atoms with van der Waals surface area (Å²) in [6.07, 6.45) is -4.02. The number of fused-ring (bicyclic) bond motifs is 1. The molecule has 36 heavy (non-hydrogen) atoms. The van der Waals surface area contributed by atoms with Gasteiger partial charge in [0, 0.05) is 36.8 Å². The van der Waals surface area contributed by atoms with Crippen LogP contribution in [0.3, 0.4) is 0 Å². The second kappa shape index (κ2) is 12.9. The lowest BCUT2D eigenvalue weighted by Crippen LogP contribution is -2.42. The van der Waals surface area contributed by atoms with Crippen molar-refractivity contribution in [3.05, 3.63) is 46.9 Å². The number of likely N-dealkylation sites (tertiary alicyclic amines) is 1. The number of aliphatic carboxylic acids is 2. The van der Waals surface area contributed by atoms with Gasteiger partial charge in [0.05, 0.1) is 6.20 Å². The monoisotopic (exact) mass is 544 g/mol. The summed E-state index contributed by atoms with van der Waals surface area (Å²) < 4.78 is 75.7. The molecule has 0 spiro atoms. The quantitative estimate of drug-likeness (QED) is 0.551. The standard InChI is InChI=1S/C17H20N2O2S.2C2HF3O2/c1-4-13(10-18-7-1)21-16-12-19(11-14-5-3-9-22-14)15-6-2-8-20-17(15)16;2*3-2(4,5)1(6)7/h1,3-5,7,9-10,15-17H,2,6,8,11-12H2;2*(H,6,7)/t15-,16-,17-;;/m0../s1. The number of carboxylic acids is 2. The first kappa shape index (κ1) is 29.3. The van der Waals surface area contributed by atoms with Crippen molar-refractivity contribution in [3.63, 3.8) is 0 Å². The molecule has 2 aliphatic heterocycles. The maximum Gasteiger partial charge on any atom is 0.490 e. The predicted octanol–water partition coefficient (Wildman–Crippen LogP) is 4.22. The van der Waals surface area contributed by atoms with E-state index >= 15 is 0 Å². The van der Waals surface area contributed by atoms with Gasteiger partial charge in [-0.3, -0.25) is 9.88 Å². The molecule has 2 aromatic rings. The fraction of sp³-hybridized carbons (Fsp3) is 0.476. The Morgan fingerprint density at radius 3 is 2.25 bits per heavy atom. The fourth-order valence-electron chi connectivity index (χ4n) is 3.48. The first-order valence-electron chi connectivity index (χ1n) is 10.3. The van der Waals surface area contributed by atoms with Gasteiger partial charge in [-0.1, -0.05) is 6.07 Å². The second-order valence-electron chi connectivity index (χ2n) is 7.50. The van der Waals surface area contributed by atoms with Gasteiger partial charge in [0.15, 0.2) is 0 Å². The molecule has 8 nitrogen and oxygen atoms in total. The summed E-state index contributed by atoms with van der Waals surface area (Å²) in [5, 5.41) is 16.4. The maximum atomic E-state index is 10.6. The van der Waals surface area contributed by atoms with Crippen molar-refractivity contribution < 1.29 is 55.6 Å². The van der Waals surface area contributed by atoms with E-state index in [-0.39, 0.29) is 12.2 Å². The minimum absolute atomic E-state index is 0.0921. The molecule has 0 saturated carbocycles. The van der Waals surface area contributed by atoms with Crippen LogP contribution in [0.2, 0.25) is 0 Å². The first-order valence-corrected chi connectivity index (χ1v) is 11.2. The van der Waals surface area contributed by atoms with Crippen LogP contribution < -0.4 is 4.74 Å². The Labute approximate surface area is 205 Å².